The maximum atomic E-state index is 12.4. The monoisotopic (exact) mass is 356 g/mol. The van der Waals surface area contributed by atoms with Crippen LogP contribution in [0.2, 0.25) is 0 Å². The highest BCUT2D eigenvalue weighted by atomic mass is 32.2. The second kappa shape index (κ2) is 6.81. The Labute approximate surface area is 142 Å². The van der Waals surface area contributed by atoms with Crippen LogP contribution in [0.5, 0.6) is 0 Å². The van der Waals surface area contributed by atoms with Gasteiger partial charge in [0.15, 0.2) is 0 Å². The minimum atomic E-state index is -3.16. The topological polar surface area (TPSA) is 93.5 Å². The van der Waals surface area contributed by atoms with Crippen LogP contribution < -0.4 is 5.32 Å². The molecule has 1 N–H and O–H groups in total. The van der Waals surface area contributed by atoms with E-state index in [0.29, 0.717) is 45.7 Å². The molecule has 3 rings (SSSR count). The smallest absolute Gasteiger partial charge is 0.223 e. The average Bonchev–Trinajstić information content (AvgIpc) is 2.89. The van der Waals surface area contributed by atoms with Crippen molar-refractivity contribution in [2.24, 2.45) is 13.0 Å². The molecule has 1 aromatic rings. The predicted octanol–water partition coefficient (Wildman–Crippen LogP) is -0.219. The first-order valence-corrected chi connectivity index (χ1v) is 10.1. The lowest BCUT2D eigenvalue weighted by Gasteiger charge is -2.29. The van der Waals surface area contributed by atoms with Crippen molar-refractivity contribution in [2.45, 2.75) is 32.4 Å². The van der Waals surface area contributed by atoms with Gasteiger partial charge in [-0.1, -0.05) is 0 Å². The van der Waals surface area contributed by atoms with Crippen LogP contribution in [0.4, 0.5) is 0 Å². The normalized spacial score (nSPS) is 19.9. The third-order valence-corrected chi connectivity index (χ3v) is 6.11. The molecular weight excluding hydrogens is 332 g/mol. The summed E-state index contributed by atoms with van der Waals surface area (Å²) in [5.41, 5.74) is 3.11. The molecule has 134 valence electrons. The maximum Gasteiger partial charge on any atom is 0.223 e. The fourth-order valence-corrected chi connectivity index (χ4v) is 4.27. The van der Waals surface area contributed by atoms with E-state index in [9.17, 15) is 13.2 Å². The zero-order valence-electron chi connectivity index (χ0n) is 14.1. The third-order valence-electron chi connectivity index (χ3n) is 4.81. The van der Waals surface area contributed by atoms with Gasteiger partial charge in [0.2, 0.25) is 15.9 Å². The number of carbonyl (C=O) groups is 1. The Balaban J connectivity index is 1.55. The van der Waals surface area contributed by atoms with E-state index in [1.165, 1.54) is 16.3 Å². The number of sulfonamides is 1. The SMILES string of the molecule is Cn1nc(CNC(=O)C2CCN(S(C)(=O)=O)CC2)c2c1CCOC2. The van der Waals surface area contributed by atoms with Gasteiger partial charge in [-0.05, 0) is 12.8 Å². The molecule has 2 aliphatic rings. The molecule has 1 amide bonds. The molecule has 9 heteroatoms. The quantitative estimate of drug-likeness (QED) is 0.805. The standard InChI is InChI=1S/C15H24N4O4S/c1-18-14-5-8-23-10-12(14)13(17-18)9-16-15(20)11-3-6-19(7-4-11)24(2,21)22/h11H,3-10H2,1-2H3,(H,16,20). The average molecular weight is 356 g/mol. The van der Waals surface area contributed by atoms with E-state index in [0.717, 1.165) is 17.7 Å². The van der Waals surface area contributed by atoms with Gasteiger partial charge in [0.05, 0.1) is 31.7 Å². The number of nitrogens with zero attached hydrogens (tertiary/aromatic N) is 3. The summed E-state index contributed by atoms with van der Waals surface area (Å²) >= 11 is 0. The molecule has 0 saturated carbocycles. The van der Waals surface area contributed by atoms with Crippen LogP contribution in [0, 0.1) is 5.92 Å². The number of piperidine rings is 1. The molecule has 0 aromatic carbocycles. The van der Waals surface area contributed by atoms with Crippen molar-refractivity contribution in [1.29, 1.82) is 0 Å². The number of carbonyl (C=O) groups excluding carboxylic acids is 1. The van der Waals surface area contributed by atoms with Gasteiger partial charge in [0.25, 0.3) is 0 Å². The lowest BCUT2D eigenvalue weighted by Crippen LogP contribution is -2.42. The Hall–Kier alpha value is -1.45. The Morgan fingerprint density at radius 3 is 2.75 bits per heavy atom. The lowest BCUT2D eigenvalue weighted by atomic mass is 9.97. The van der Waals surface area contributed by atoms with Crippen LogP contribution in [0.1, 0.15) is 29.8 Å². The van der Waals surface area contributed by atoms with Gasteiger partial charge in [-0.15, -0.1) is 0 Å². The number of aromatic nitrogens is 2. The Morgan fingerprint density at radius 2 is 2.08 bits per heavy atom. The van der Waals surface area contributed by atoms with Crippen molar-refractivity contribution < 1.29 is 17.9 Å². The molecule has 3 heterocycles. The van der Waals surface area contributed by atoms with Crippen LogP contribution in [-0.2, 0) is 46.2 Å². The summed E-state index contributed by atoms with van der Waals surface area (Å²) in [4.78, 5) is 12.4. The number of hydrogen-bond acceptors (Lipinski definition) is 5. The van der Waals surface area contributed by atoms with E-state index >= 15 is 0 Å². The summed E-state index contributed by atoms with van der Waals surface area (Å²) in [5.74, 6) is -0.168. The van der Waals surface area contributed by atoms with Gasteiger partial charge in [-0.3, -0.25) is 9.48 Å². The van der Waals surface area contributed by atoms with Crippen molar-refractivity contribution >= 4 is 15.9 Å². The second-order valence-electron chi connectivity index (χ2n) is 6.45. The molecule has 0 unspecified atom stereocenters. The third kappa shape index (κ3) is 3.62. The molecule has 0 atom stereocenters. The van der Waals surface area contributed by atoms with Crippen molar-refractivity contribution in [3.05, 3.63) is 17.0 Å². The number of aryl methyl sites for hydroxylation is 1. The van der Waals surface area contributed by atoms with Crippen LogP contribution in [0.15, 0.2) is 0 Å². The second-order valence-corrected chi connectivity index (χ2v) is 8.43. The Bertz CT molecular complexity index is 720. The number of nitrogens with one attached hydrogen (secondary N) is 1. The molecular formula is C15H24N4O4S. The molecule has 0 aliphatic carbocycles. The number of rotatable bonds is 4. The Morgan fingerprint density at radius 1 is 1.38 bits per heavy atom. The van der Waals surface area contributed by atoms with Gasteiger partial charge < -0.3 is 10.1 Å². The van der Waals surface area contributed by atoms with Crippen LogP contribution in [0.25, 0.3) is 0 Å². The summed E-state index contributed by atoms with van der Waals surface area (Å²) in [6.07, 6.45) is 3.17. The zero-order valence-corrected chi connectivity index (χ0v) is 14.9. The maximum absolute atomic E-state index is 12.4. The zero-order chi connectivity index (χ0) is 17.3. The summed E-state index contributed by atoms with van der Waals surface area (Å²) in [6, 6.07) is 0. The summed E-state index contributed by atoms with van der Waals surface area (Å²) in [5, 5.41) is 7.44. The first-order chi connectivity index (χ1) is 11.4. The number of amides is 1. The van der Waals surface area contributed by atoms with Gasteiger partial charge in [0.1, 0.15) is 0 Å². The molecule has 24 heavy (non-hydrogen) atoms. The van der Waals surface area contributed by atoms with Gasteiger partial charge >= 0.3 is 0 Å². The molecule has 8 nitrogen and oxygen atoms in total. The Kier molecular flexibility index (Phi) is 4.93. The van der Waals surface area contributed by atoms with Crippen LogP contribution in [-0.4, -0.2) is 54.4 Å². The molecule has 1 aromatic heterocycles. The number of hydrogen-bond donors (Lipinski definition) is 1. The minimum Gasteiger partial charge on any atom is -0.376 e. The highest BCUT2D eigenvalue weighted by Crippen LogP contribution is 2.21. The molecule has 0 bridgehead atoms. The predicted molar refractivity (Wildman–Crippen MR) is 87.6 cm³/mol. The first kappa shape index (κ1) is 17.4. The van der Waals surface area contributed by atoms with Gasteiger partial charge in [-0.2, -0.15) is 5.10 Å². The van der Waals surface area contributed by atoms with Crippen molar-refractivity contribution in [2.75, 3.05) is 26.0 Å². The molecule has 0 spiro atoms. The summed E-state index contributed by atoms with van der Waals surface area (Å²) in [6.45, 7) is 2.45. The van der Waals surface area contributed by atoms with E-state index in [1.54, 1.807) is 0 Å². The van der Waals surface area contributed by atoms with E-state index in [2.05, 4.69) is 10.4 Å². The highest BCUT2D eigenvalue weighted by molar-refractivity contribution is 7.88. The fraction of sp³-hybridized carbons (Fsp3) is 0.733. The van der Waals surface area contributed by atoms with Gasteiger partial charge in [-0.25, -0.2) is 12.7 Å². The van der Waals surface area contributed by atoms with Crippen LogP contribution >= 0.6 is 0 Å². The fourth-order valence-electron chi connectivity index (χ4n) is 3.39. The molecule has 1 saturated heterocycles. The van der Waals surface area contributed by atoms with E-state index in [4.69, 9.17) is 4.74 Å². The first-order valence-electron chi connectivity index (χ1n) is 8.20. The van der Waals surface area contributed by atoms with Crippen molar-refractivity contribution in [1.82, 2.24) is 19.4 Å². The van der Waals surface area contributed by atoms with Crippen LogP contribution in [0.3, 0.4) is 0 Å². The molecule has 2 aliphatic heterocycles. The minimum absolute atomic E-state index is 0.0284. The molecule has 0 radical (unpaired) electrons. The summed E-state index contributed by atoms with van der Waals surface area (Å²) in [7, 11) is -1.25. The highest BCUT2D eigenvalue weighted by Gasteiger charge is 2.29. The van der Waals surface area contributed by atoms with Gasteiger partial charge in [0, 0.05) is 43.7 Å². The van der Waals surface area contributed by atoms with Crippen molar-refractivity contribution in [3.63, 3.8) is 0 Å². The van der Waals surface area contributed by atoms with Crippen molar-refractivity contribution in [3.8, 4) is 0 Å². The largest absolute Gasteiger partial charge is 0.376 e. The molecule has 1 fully saturated rings. The van der Waals surface area contributed by atoms with E-state index in [-0.39, 0.29) is 11.8 Å². The van der Waals surface area contributed by atoms with E-state index < -0.39 is 10.0 Å². The number of fused-ring (bicyclic) bond motifs is 1. The lowest BCUT2D eigenvalue weighted by molar-refractivity contribution is -0.126. The van der Waals surface area contributed by atoms with E-state index in [1.807, 2.05) is 11.7 Å². The summed E-state index contributed by atoms with van der Waals surface area (Å²) < 4.78 is 31.8. The number of ether oxygens (including phenoxy) is 1.